The lowest BCUT2D eigenvalue weighted by molar-refractivity contribution is -0.147. The van der Waals surface area contributed by atoms with Crippen molar-refractivity contribution in [2.45, 2.75) is 77.6 Å². The predicted octanol–water partition coefficient (Wildman–Crippen LogP) is 6.23. The van der Waals surface area contributed by atoms with Gasteiger partial charge in [0.15, 0.2) is 0 Å². The third-order valence-electron chi connectivity index (χ3n) is 7.08. The van der Waals surface area contributed by atoms with E-state index in [4.69, 9.17) is 9.47 Å². The van der Waals surface area contributed by atoms with Crippen LogP contribution in [0.15, 0.2) is 78.9 Å². The second-order valence-electron chi connectivity index (χ2n) is 12.0. The number of nitrogens with zero attached hydrogens (tertiary/aromatic N) is 1. The molecule has 3 amide bonds. The van der Waals surface area contributed by atoms with Crippen molar-refractivity contribution in [2.75, 3.05) is 12.4 Å². The molecule has 230 valence electrons. The molecule has 0 aliphatic rings. The third-order valence-corrected chi connectivity index (χ3v) is 7.08. The predicted molar refractivity (Wildman–Crippen MR) is 167 cm³/mol. The molecule has 0 heterocycles. The quantitative estimate of drug-likeness (QED) is 0.244. The van der Waals surface area contributed by atoms with Crippen LogP contribution in [0.25, 0.3) is 0 Å². The van der Waals surface area contributed by atoms with Gasteiger partial charge in [-0.2, -0.15) is 0 Å². The molecule has 0 aliphatic heterocycles. The zero-order valence-corrected chi connectivity index (χ0v) is 26.0. The van der Waals surface area contributed by atoms with Crippen LogP contribution in [0.3, 0.4) is 0 Å². The Kier molecular flexibility index (Phi) is 10.8. The maximum absolute atomic E-state index is 14.7. The average Bonchev–Trinajstić information content (AvgIpc) is 2.95. The van der Waals surface area contributed by atoms with Crippen molar-refractivity contribution >= 4 is 23.6 Å². The molecule has 0 saturated carbocycles. The molecule has 9 heteroatoms. The zero-order chi connectivity index (χ0) is 31.8. The number of hydrogen-bond acceptors (Lipinski definition) is 6. The lowest BCUT2D eigenvalue weighted by Gasteiger charge is -2.44. The molecule has 2 unspecified atom stereocenters. The van der Waals surface area contributed by atoms with E-state index in [1.807, 2.05) is 51.1 Å². The minimum atomic E-state index is -1.16. The van der Waals surface area contributed by atoms with Gasteiger partial charge in [-0.1, -0.05) is 49.4 Å². The van der Waals surface area contributed by atoms with Crippen LogP contribution in [-0.4, -0.2) is 52.2 Å². The number of phenolic OH excluding ortho intramolecular Hbond substituents is 1. The molecule has 0 spiro atoms. The molecule has 0 radical (unpaired) electrons. The molecule has 43 heavy (non-hydrogen) atoms. The Morgan fingerprint density at radius 3 is 2.12 bits per heavy atom. The minimum absolute atomic E-state index is 0.0471. The van der Waals surface area contributed by atoms with Crippen molar-refractivity contribution in [2.24, 2.45) is 0 Å². The van der Waals surface area contributed by atoms with Crippen molar-refractivity contribution in [3.8, 4) is 11.5 Å². The highest BCUT2D eigenvalue weighted by Crippen LogP contribution is 2.34. The molecule has 3 N–H and O–H groups in total. The van der Waals surface area contributed by atoms with Crippen LogP contribution in [0.5, 0.6) is 11.5 Å². The normalized spacial score (nSPS) is 12.9. The second kappa shape index (κ2) is 14.1. The first-order valence-electron chi connectivity index (χ1n) is 14.3. The topological polar surface area (TPSA) is 117 Å². The van der Waals surface area contributed by atoms with Crippen molar-refractivity contribution < 1.29 is 29.0 Å². The van der Waals surface area contributed by atoms with E-state index < -0.39 is 41.1 Å². The van der Waals surface area contributed by atoms with Gasteiger partial charge in [0.2, 0.25) is 5.91 Å². The summed E-state index contributed by atoms with van der Waals surface area (Å²) in [7, 11) is 1.55. The third kappa shape index (κ3) is 9.23. The summed E-state index contributed by atoms with van der Waals surface area (Å²) >= 11 is 0. The highest BCUT2D eigenvalue weighted by molar-refractivity contribution is 5.99. The lowest BCUT2D eigenvalue weighted by atomic mass is 9.91. The average molecular weight is 590 g/mol. The van der Waals surface area contributed by atoms with Gasteiger partial charge in [0.1, 0.15) is 29.2 Å². The molecule has 2 atom stereocenters. The van der Waals surface area contributed by atoms with Crippen molar-refractivity contribution in [1.82, 2.24) is 10.2 Å². The van der Waals surface area contributed by atoms with Crippen LogP contribution >= 0.6 is 0 Å². The Morgan fingerprint density at radius 2 is 1.56 bits per heavy atom. The van der Waals surface area contributed by atoms with Gasteiger partial charge in [-0.3, -0.25) is 9.59 Å². The molecule has 0 saturated heterocycles. The van der Waals surface area contributed by atoms with Gasteiger partial charge in [-0.15, -0.1) is 0 Å². The number of phenols is 1. The number of aromatic hydroxyl groups is 1. The summed E-state index contributed by atoms with van der Waals surface area (Å²) in [5.74, 6) is -0.376. The lowest BCUT2D eigenvalue weighted by Crippen LogP contribution is -2.59. The Morgan fingerprint density at radius 1 is 0.907 bits per heavy atom. The maximum atomic E-state index is 14.7. The van der Waals surface area contributed by atoms with Crippen LogP contribution in [0, 0.1) is 0 Å². The van der Waals surface area contributed by atoms with E-state index in [2.05, 4.69) is 10.6 Å². The van der Waals surface area contributed by atoms with E-state index in [1.54, 1.807) is 64.3 Å². The molecular formula is C34H43N3O6. The molecule has 0 bridgehead atoms. The summed E-state index contributed by atoms with van der Waals surface area (Å²) in [4.78, 5) is 43.3. The van der Waals surface area contributed by atoms with Gasteiger partial charge in [0, 0.05) is 17.6 Å². The monoisotopic (exact) mass is 589 g/mol. The van der Waals surface area contributed by atoms with E-state index in [9.17, 15) is 19.5 Å². The smallest absolute Gasteiger partial charge is 0.408 e. The Hall–Kier alpha value is -4.53. The molecule has 3 aromatic rings. The maximum Gasteiger partial charge on any atom is 0.408 e. The first kappa shape index (κ1) is 33.0. The number of amides is 3. The molecule has 9 nitrogen and oxygen atoms in total. The number of methoxy groups -OCH3 is 1. The number of benzene rings is 3. The van der Waals surface area contributed by atoms with Crippen LogP contribution in [-0.2, 0) is 20.7 Å². The van der Waals surface area contributed by atoms with Crippen molar-refractivity contribution in [3.63, 3.8) is 0 Å². The first-order chi connectivity index (χ1) is 20.2. The van der Waals surface area contributed by atoms with E-state index >= 15 is 0 Å². The fourth-order valence-corrected chi connectivity index (χ4v) is 4.61. The van der Waals surface area contributed by atoms with Gasteiger partial charge in [0.25, 0.3) is 5.91 Å². The van der Waals surface area contributed by atoms with Crippen LogP contribution in [0.4, 0.5) is 10.5 Å². The summed E-state index contributed by atoms with van der Waals surface area (Å²) in [6, 6.07) is 20.2. The number of ether oxygens (including phenoxy) is 2. The number of anilines is 1. The van der Waals surface area contributed by atoms with Crippen LogP contribution in [0.1, 0.15) is 65.1 Å². The first-order valence-corrected chi connectivity index (χ1v) is 14.3. The van der Waals surface area contributed by atoms with E-state index in [0.717, 1.165) is 5.56 Å². The zero-order valence-electron chi connectivity index (χ0n) is 26.0. The van der Waals surface area contributed by atoms with Gasteiger partial charge < -0.3 is 30.1 Å². The molecule has 0 fully saturated rings. The van der Waals surface area contributed by atoms with Gasteiger partial charge >= 0.3 is 6.09 Å². The number of carbonyl (C=O) groups is 3. The highest BCUT2D eigenvalue weighted by Gasteiger charge is 2.43. The molecule has 3 rings (SSSR count). The molecular weight excluding hydrogens is 546 g/mol. The highest BCUT2D eigenvalue weighted by atomic mass is 16.6. The standard InChI is InChI=1S/C34H43N3O6/c1-8-34(5,6)37(31(40)28(21-23-13-10-9-11-14-23)36-32(41)43-33(2,3)4)29(24-15-12-16-26(38)22-24)30(39)35-25-17-19-27(42-7)20-18-25/h9-20,22,28-29,38H,8,21H2,1-7H3,(H,35,39)(H,36,41). The summed E-state index contributed by atoms with van der Waals surface area (Å²) < 4.78 is 10.7. The summed E-state index contributed by atoms with van der Waals surface area (Å²) in [5, 5.41) is 16.1. The van der Waals surface area contributed by atoms with E-state index in [-0.39, 0.29) is 12.2 Å². The summed E-state index contributed by atoms with van der Waals surface area (Å²) in [5.41, 5.74) is 0.106. The fraction of sp³-hybridized carbons (Fsp3) is 0.382. The Labute approximate surface area is 254 Å². The minimum Gasteiger partial charge on any atom is -0.508 e. The summed E-state index contributed by atoms with van der Waals surface area (Å²) in [6.07, 6.45) is -0.0798. The number of nitrogens with one attached hydrogen (secondary N) is 2. The van der Waals surface area contributed by atoms with E-state index in [1.165, 1.54) is 17.0 Å². The van der Waals surface area contributed by atoms with Crippen molar-refractivity contribution in [3.05, 3.63) is 90.0 Å². The van der Waals surface area contributed by atoms with Gasteiger partial charge in [-0.25, -0.2) is 4.79 Å². The number of carbonyl (C=O) groups excluding carboxylic acids is 3. The number of hydrogen-bond donors (Lipinski definition) is 3. The van der Waals surface area contributed by atoms with Crippen LogP contribution in [0.2, 0.25) is 0 Å². The number of rotatable bonds is 11. The molecule has 0 aliphatic carbocycles. The van der Waals surface area contributed by atoms with Crippen LogP contribution < -0.4 is 15.4 Å². The Balaban J connectivity index is 2.12. The fourth-order valence-electron chi connectivity index (χ4n) is 4.61. The molecule has 3 aromatic carbocycles. The second-order valence-corrected chi connectivity index (χ2v) is 12.0. The van der Waals surface area contributed by atoms with Gasteiger partial charge in [-0.05, 0) is 88.6 Å². The largest absolute Gasteiger partial charge is 0.508 e. The van der Waals surface area contributed by atoms with Gasteiger partial charge in [0.05, 0.1) is 7.11 Å². The van der Waals surface area contributed by atoms with E-state index in [0.29, 0.717) is 23.4 Å². The Bertz CT molecular complexity index is 1380. The summed E-state index contributed by atoms with van der Waals surface area (Å²) in [6.45, 7) is 10.9. The number of alkyl carbamates (subject to hydrolysis) is 1. The SMILES string of the molecule is CCC(C)(C)N(C(=O)C(Cc1ccccc1)NC(=O)OC(C)(C)C)C(C(=O)Nc1ccc(OC)cc1)c1cccc(O)c1. The van der Waals surface area contributed by atoms with Crippen molar-refractivity contribution in [1.29, 1.82) is 0 Å². The molecule has 0 aromatic heterocycles.